The van der Waals surface area contributed by atoms with E-state index in [4.69, 9.17) is 16.3 Å². The van der Waals surface area contributed by atoms with Crippen molar-refractivity contribution in [3.8, 4) is 5.75 Å². The summed E-state index contributed by atoms with van der Waals surface area (Å²) >= 11 is 8.97. The minimum atomic E-state index is -0.486. The Morgan fingerprint density at radius 2 is 2.27 bits per heavy atom. The summed E-state index contributed by atoms with van der Waals surface area (Å²) in [6.07, 6.45) is 0.781. The van der Waals surface area contributed by atoms with Crippen LogP contribution in [0.1, 0.15) is 6.42 Å². The molecule has 0 aliphatic heterocycles. The number of rotatable bonds is 5. The average Bonchev–Trinajstić information content (AvgIpc) is 2.18. The summed E-state index contributed by atoms with van der Waals surface area (Å²) in [6.45, 7) is 0.423. The Bertz CT molecular complexity index is 359. The SMILES string of the molecule is O=[N+]([O-])c1ccc(Cl)cc1OCCCBr. The monoisotopic (exact) mass is 293 g/mol. The summed E-state index contributed by atoms with van der Waals surface area (Å²) in [5.74, 6) is 0.216. The lowest BCUT2D eigenvalue weighted by Gasteiger charge is -2.05. The van der Waals surface area contributed by atoms with Gasteiger partial charge in [-0.25, -0.2) is 0 Å². The molecule has 0 spiro atoms. The van der Waals surface area contributed by atoms with Crippen molar-refractivity contribution in [1.82, 2.24) is 0 Å². The molecule has 1 aromatic rings. The van der Waals surface area contributed by atoms with Crippen LogP contribution in [0.15, 0.2) is 18.2 Å². The van der Waals surface area contributed by atoms with Gasteiger partial charge in [0.25, 0.3) is 0 Å². The van der Waals surface area contributed by atoms with Gasteiger partial charge in [-0.15, -0.1) is 0 Å². The Labute approximate surface area is 100 Å². The van der Waals surface area contributed by atoms with Crippen LogP contribution in [-0.2, 0) is 0 Å². The molecule has 0 aromatic heterocycles. The molecule has 0 aliphatic carbocycles. The Hall–Kier alpha value is -0.810. The number of nitrogens with zero attached hydrogens (tertiary/aromatic N) is 1. The number of alkyl halides is 1. The lowest BCUT2D eigenvalue weighted by atomic mass is 10.3. The van der Waals surface area contributed by atoms with Crippen molar-refractivity contribution in [3.63, 3.8) is 0 Å². The molecular formula is C9H9BrClNO3. The highest BCUT2D eigenvalue weighted by Gasteiger charge is 2.14. The summed E-state index contributed by atoms with van der Waals surface area (Å²) in [7, 11) is 0. The van der Waals surface area contributed by atoms with E-state index in [2.05, 4.69) is 15.9 Å². The molecule has 4 nitrogen and oxygen atoms in total. The molecule has 0 atom stereocenters. The number of nitro benzene ring substituents is 1. The van der Waals surface area contributed by atoms with Crippen LogP contribution in [0.25, 0.3) is 0 Å². The van der Waals surface area contributed by atoms with Crippen molar-refractivity contribution in [1.29, 1.82) is 0 Å². The predicted octanol–water partition coefficient (Wildman–Crippen LogP) is 3.41. The molecule has 0 N–H and O–H groups in total. The minimum Gasteiger partial charge on any atom is -0.487 e. The van der Waals surface area contributed by atoms with Crippen LogP contribution in [0.2, 0.25) is 5.02 Å². The van der Waals surface area contributed by atoms with Gasteiger partial charge in [-0.3, -0.25) is 10.1 Å². The maximum Gasteiger partial charge on any atom is 0.311 e. The fourth-order valence-electron chi connectivity index (χ4n) is 0.991. The molecule has 0 unspecified atom stereocenters. The third-order valence-corrected chi connectivity index (χ3v) is 2.45. The number of halogens is 2. The zero-order valence-electron chi connectivity index (χ0n) is 7.78. The first-order valence-corrected chi connectivity index (χ1v) is 5.78. The predicted molar refractivity (Wildman–Crippen MR) is 62.0 cm³/mol. The number of hydrogen-bond donors (Lipinski definition) is 0. The van der Waals surface area contributed by atoms with E-state index in [9.17, 15) is 10.1 Å². The molecule has 15 heavy (non-hydrogen) atoms. The summed E-state index contributed by atoms with van der Waals surface area (Å²) < 4.78 is 5.26. The molecule has 6 heteroatoms. The Balaban J connectivity index is 2.82. The molecule has 0 saturated carbocycles. The zero-order valence-corrected chi connectivity index (χ0v) is 10.1. The van der Waals surface area contributed by atoms with Crippen LogP contribution in [0.3, 0.4) is 0 Å². The number of ether oxygens (including phenoxy) is 1. The maximum absolute atomic E-state index is 10.6. The van der Waals surface area contributed by atoms with E-state index in [0.29, 0.717) is 11.6 Å². The Morgan fingerprint density at radius 3 is 2.87 bits per heavy atom. The summed E-state index contributed by atoms with van der Waals surface area (Å²) in [5.41, 5.74) is -0.0611. The van der Waals surface area contributed by atoms with E-state index in [0.717, 1.165) is 11.8 Å². The largest absolute Gasteiger partial charge is 0.487 e. The maximum atomic E-state index is 10.6. The molecule has 0 aliphatic rings. The molecule has 82 valence electrons. The molecule has 0 heterocycles. The van der Waals surface area contributed by atoms with Gasteiger partial charge in [0.2, 0.25) is 0 Å². The van der Waals surface area contributed by atoms with E-state index >= 15 is 0 Å². The van der Waals surface area contributed by atoms with Crippen molar-refractivity contribution >= 4 is 33.2 Å². The molecule has 1 aromatic carbocycles. The van der Waals surface area contributed by atoms with E-state index in [-0.39, 0.29) is 11.4 Å². The quantitative estimate of drug-likeness (QED) is 0.362. The van der Waals surface area contributed by atoms with Gasteiger partial charge in [0.1, 0.15) is 0 Å². The summed E-state index contributed by atoms with van der Waals surface area (Å²) in [4.78, 5) is 10.2. The van der Waals surface area contributed by atoms with E-state index in [1.807, 2.05) is 0 Å². The van der Waals surface area contributed by atoms with Gasteiger partial charge in [0, 0.05) is 22.5 Å². The van der Waals surface area contributed by atoms with Crippen LogP contribution in [0.5, 0.6) is 5.75 Å². The fourth-order valence-corrected chi connectivity index (χ4v) is 1.38. The van der Waals surface area contributed by atoms with Gasteiger partial charge in [-0.2, -0.15) is 0 Å². The van der Waals surface area contributed by atoms with E-state index < -0.39 is 4.92 Å². The summed E-state index contributed by atoms with van der Waals surface area (Å²) in [5, 5.41) is 11.9. The normalized spacial score (nSPS) is 10.0. The standard InChI is InChI=1S/C9H9BrClNO3/c10-4-1-5-15-9-6-7(11)2-3-8(9)12(13)14/h2-3,6H,1,4-5H2. The molecule has 1 rings (SSSR count). The average molecular weight is 295 g/mol. The smallest absolute Gasteiger partial charge is 0.311 e. The van der Waals surface area contributed by atoms with Crippen LogP contribution in [0, 0.1) is 10.1 Å². The molecule has 0 bridgehead atoms. The Kier molecular flexibility index (Phi) is 4.84. The van der Waals surface area contributed by atoms with E-state index in [1.54, 1.807) is 0 Å². The lowest BCUT2D eigenvalue weighted by molar-refractivity contribution is -0.385. The first kappa shape index (κ1) is 12.3. The van der Waals surface area contributed by atoms with E-state index in [1.165, 1.54) is 18.2 Å². The molecule has 0 amide bonds. The third-order valence-electron chi connectivity index (χ3n) is 1.65. The number of hydrogen-bond acceptors (Lipinski definition) is 3. The highest BCUT2D eigenvalue weighted by molar-refractivity contribution is 9.09. The second-order valence-electron chi connectivity index (χ2n) is 2.76. The van der Waals surface area contributed by atoms with Gasteiger partial charge in [-0.05, 0) is 12.5 Å². The second kappa shape index (κ2) is 5.92. The van der Waals surface area contributed by atoms with Crippen molar-refractivity contribution in [2.45, 2.75) is 6.42 Å². The third kappa shape index (κ3) is 3.68. The van der Waals surface area contributed by atoms with Gasteiger partial charge < -0.3 is 4.74 Å². The highest BCUT2D eigenvalue weighted by atomic mass is 79.9. The van der Waals surface area contributed by atoms with Gasteiger partial charge in [0.05, 0.1) is 11.5 Å². The zero-order chi connectivity index (χ0) is 11.3. The highest BCUT2D eigenvalue weighted by Crippen LogP contribution is 2.29. The minimum absolute atomic E-state index is 0.0611. The Morgan fingerprint density at radius 1 is 1.53 bits per heavy atom. The van der Waals surface area contributed by atoms with Crippen molar-refractivity contribution < 1.29 is 9.66 Å². The molecule has 0 saturated heterocycles. The number of benzene rings is 1. The molecule has 0 fully saturated rings. The van der Waals surface area contributed by atoms with Crippen LogP contribution in [-0.4, -0.2) is 16.9 Å². The summed E-state index contributed by atoms with van der Waals surface area (Å²) in [6, 6.07) is 4.26. The van der Waals surface area contributed by atoms with Gasteiger partial charge >= 0.3 is 5.69 Å². The van der Waals surface area contributed by atoms with Crippen molar-refractivity contribution in [3.05, 3.63) is 33.3 Å². The second-order valence-corrected chi connectivity index (χ2v) is 3.99. The molecule has 0 radical (unpaired) electrons. The lowest BCUT2D eigenvalue weighted by Crippen LogP contribution is -2.00. The van der Waals surface area contributed by atoms with Gasteiger partial charge in [0.15, 0.2) is 5.75 Å². The first-order valence-electron chi connectivity index (χ1n) is 4.28. The molecular weight excluding hydrogens is 285 g/mol. The van der Waals surface area contributed by atoms with Crippen molar-refractivity contribution in [2.75, 3.05) is 11.9 Å². The van der Waals surface area contributed by atoms with Crippen LogP contribution < -0.4 is 4.74 Å². The first-order chi connectivity index (χ1) is 7.15. The van der Waals surface area contributed by atoms with Crippen LogP contribution in [0.4, 0.5) is 5.69 Å². The van der Waals surface area contributed by atoms with Crippen LogP contribution >= 0.6 is 27.5 Å². The van der Waals surface area contributed by atoms with Gasteiger partial charge in [-0.1, -0.05) is 27.5 Å². The fraction of sp³-hybridized carbons (Fsp3) is 0.333. The van der Waals surface area contributed by atoms with Crippen molar-refractivity contribution in [2.24, 2.45) is 0 Å². The topological polar surface area (TPSA) is 52.4 Å². The number of nitro groups is 1.